The Labute approximate surface area is 163 Å². The van der Waals surface area contributed by atoms with Gasteiger partial charge in [-0.3, -0.25) is 9.78 Å². The molecule has 0 bridgehead atoms. The molecule has 136 valence electrons. The van der Waals surface area contributed by atoms with Crippen LogP contribution >= 0.6 is 11.6 Å². The van der Waals surface area contributed by atoms with Crippen LogP contribution in [0.1, 0.15) is 23.2 Å². The van der Waals surface area contributed by atoms with Gasteiger partial charge in [0, 0.05) is 27.7 Å². The molecule has 0 spiro atoms. The van der Waals surface area contributed by atoms with E-state index in [2.05, 4.69) is 11.4 Å². The van der Waals surface area contributed by atoms with Crippen LogP contribution in [0.3, 0.4) is 0 Å². The molecule has 1 aromatic heterocycles. The molecular formula is C22H20ClN3O. The van der Waals surface area contributed by atoms with Crippen LogP contribution in [0.4, 0.5) is 11.4 Å². The Morgan fingerprint density at radius 1 is 1.11 bits per heavy atom. The van der Waals surface area contributed by atoms with Crippen molar-refractivity contribution < 1.29 is 4.79 Å². The third kappa shape index (κ3) is 3.96. The zero-order chi connectivity index (χ0) is 18.8. The number of benzene rings is 2. The van der Waals surface area contributed by atoms with Gasteiger partial charge in [-0.1, -0.05) is 35.9 Å². The highest BCUT2D eigenvalue weighted by Gasteiger charge is 2.19. The molecule has 1 aliphatic carbocycles. The van der Waals surface area contributed by atoms with Gasteiger partial charge in [-0.15, -0.1) is 0 Å². The van der Waals surface area contributed by atoms with Crippen molar-refractivity contribution >= 4 is 28.9 Å². The van der Waals surface area contributed by atoms with Crippen LogP contribution < -0.4 is 11.1 Å². The molecule has 0 radical (unpaired) electrons. The number of carbonyl (C=O) groups is 1. The van der Waals surface area contributed by atoms with Gasteiger partial charge in [-0.05, 0) is 60.7 Å². The molecular weight excluding hydrogens is 358 g/mol. The first-order valence-corrected chi connectivity index (χ1v) is 9.39. The fraction of sp³-hybridized carbons (Fsp3) is 0.182. The summed E-state index contributed by atoms with van der Waals surface area (Å²) in [6, 6.07) is 17.6. The number of hydrogen-bond donors (Lipinski definition) is 2. The Balaban J connectivity index is 1.71. The van der Waals surface area contributed by atoms with Gasteiger partial charge < -0.3 is 11.1 Å². The molecule has 2 aromatic carbocycles. The van der Waals surface area contributed by atoms with E-state index in [0.717, 1.165) is 53.2 Å². The number of fused-ring (bicyclic) bond motifs is 1. The van der Waals surface area contributed by atoms with E-state index in [1.807, 2.05) is 48.5 Å². The normalized spacial score (nSPS) is 12.6. The number of aromatic nitrogens is 1. The summed E-state index contributed by atoms with van der Waals surface area (Å²) in [4.78, 5) is 16.1. The topological polar surface area (TPSA) is 68.0 Å². The highest BCUT2D eigenvalue weighted by atomic mass is 35.5. The smallest absolute Gasteiger partial charge is 0.221 e. The number of nitrogens with two attached hydrogens (primary N) is 1. The average molecular weight is 378 g/mol. The van der Waals surface area contributed by atoms with E-state index in [1.54, 1.807) is 0 Å². The quantitative estimate of drug-likeness (QED) is 0.679. The predicted octanol–water partition coefficient (Wildman–Crippen LogP) is 4.66. The predicted molar refractivity (Wildman–Crippen MR) is 109 cm³/mol. The van der Waals surface area contributed by atoms with Crippen molar-refractivity contribution in [3.63, 3.8) is 0 Å². The van der Waals surface area contributed by atoms with Gasteiger partial charge >= 0.3 is 0 Å². The van der Waals surface area contributed by atoms with Crippen LogP contribution in [0.5, 0.6) is 0 Å². The monoisotopic (exact) mass is 377 g/mol. The van der Waals surface area contributed by atoms with Gasteiger partial charge in [0.05, 0.1) is 12.1 Å². The summed E-state index contributed by atoms with van der Waals surface area (Å²) in [7, 11) is 0. The minimum atomic E-state index is -0.333. The van der Waals surface area contributed by atoms with E-state index in [4.69, 9.17) is 22.3 Å². The second-order valence-corrected chi connectivity index (χ2v) is 7.25. The lowest BCUT2D eigenvalue weighted by atomic mass is 10.1. The molecule has 1 heterocycles. The maximum Gasteiger partial charge on any atom is 0.221 e. The van der Waals surface area contributed by atoms with E-state index in [9.17, 15) is 4.79 Å². The Morgan fingerprint density at radius 3 is 2.78 bits per heavy atom. The number of primary amides is 1. The highest BCUT2D eigenvalue weighted by molar-refractivity contribution is 6.30. The van der Waals surface area contributed by atoms with Crippen molar-refractivity contribution in [2.75, 3.05) is 5.32 Å². The summed E-state index contributed by atoms with van der Waals surface area (Å²) in [6.45, 7) is 0. The summed E-state index contributed by atoms with van der Waals surface area (Å²) in [5.74, 6) is -0.333. The molecule has 0 unspecified atom stereocenters. The summed E-state index contributed by atoms with van der Waals surface area (Å²) >= 11 is 6.16. The second-order valence-electron chi connectivity index (χ2n) is 6.81. The molecule has 3 aromatic rings. The molecule has 0 fully saturated rings. The van der Waals surface area contributed by atoms with Gasteiger partial charge in [0.1, 0.15) is 0 Å². The molecule has 27 heavy (non-hydrogen) atoms. The number of carbonyl (C=O) groups excluding carboxylic acids is 1. The average Bonchev–Trinajstić information content (AvgIpc) is 3.10. The van der Waals surface area contributed by atoms with Crippen LogP contribution in [0.25, 0.3) is 11.3 Å². The third-order valence-electron chi connectivity index (χ3n) is 4.76. The molecule has 5 heteroatoms. The number of rotatable bonds is 5. The minimum absolute atomic E-state index is 0.234. The molecule has 1 amide bonds. The molecule has 0 saturated heterocycles. The molecule has 0 aliphatic heterocycles. The number of nitrogens with one attached hydrogen (secondary N) is 1. The Kier molecular flexibility index (Phi) is 4.82. The van der Waals surface area contributed by atoms with Crippen LogP contribution in [0.2, 0.25) is 5.02 Å². The van der Waals surface area contributed by atoms with Crippen molar-refractivity contribution in [2.24, 2.45) is 5.73 Å². The molecule has 0 saturated carbocycles. The molecule has 4 nitrogen and oxygen atoms in total. The van der Waals surface area contributed by atoms with E-state index in [-0.39, 0.29) is 12.3 Å². The van der Waals surface area contributed by atoms with Crippen molar-refractivity contribution in [3.05, 3.63) is 76.4 Å². The molecule has 0 atom stereocenters. The SMILES string of the molecule is NC(=O)Cc1cccc(Nc2cc(-c3cccc(Cl)c3)nc3c2CCC3)c1. The van der Waals surface area contributed by atoms with Crippen molar-refractivity contribution in [1.29, 1.82) is 0 Å². The molecule has 3 N–H and O–H groups in total. The second kappa shape index (κ2) is 7.41. The van der Waals surface area contributed by atoms with Crippen LogP contribution in [0, 0.1) is 0 Å². The number of amides is 1. The van der Waals surface area contributed by atoms with Gasteiger partial charge in [0.2, 0.25) is 5.91 Å². The van der Waals surface area contributed by atoms with Crippen LogP contribution in [-0.4, -0.2) is 10.9 Å². The van der Waals surface area contributed by atoms with E-state index >= 15 is 0 Å². The number of hydrogen-bond acceptors (Lipinski definition) is 3. The lowest BCUT2D eigenvalue weighted by molar-refractivity contribution is -0.117. The van der Waals surface area contributed by atoms with Crippen molar-refractivity contribution in [1.82, 2.24) is 4.98 Å². The van der Waals surface area contributed by atoms with Crippen molar-refractivity contribution in [3.8, 4) is 11.3 Å². The zero-order valence-corrected chi connectivity index (χ0v) is 15.6. The van der Waals surface area contributed by atoms with E-state index < -0.39 is 0 Å². The third-order valence-corrected chi connectivity index (χ3v) is 4.99. The Hall–Kier alpha value is -2.85. The lowest BCUT2D eigenvalue weighted by Gasteiger charge is -2.14. The molecule has 4 rings (SSSR count). The fourth-order valence-electron chi connectivity index (χ4n) is 3.57. The summed E-state index contributed by atoms with van der Waals surface area (Å²) in [6.07, 6.45) is 3.34. The maximum absolute atomic E-state index is 11.2. The van der Waals surface area contributed by atoms with Gasteiger partial charge in [-0.25, -0.2) is 0 Å². The maximum atomic E-state index is 11.2. The lowest BCUT2D eigenvalue weighted by Crippen LogP contribution is -2.13. The first-order valence-electron chi connectivity index (χ1n) is 9.01. The number of pyridine rings is 1. The number of aryl methyl sites for hydroxylation is 1. The minimum Gasteiger partial charge on any atom is -0.369 e. The summed E-state index contributed by atoms with van der Waals surface area (Å²) in [5.41, 5.74) is 12.5. The van der Waals surface area contributed by atoms with Gasteiger partial charge in [0.25, 0.3) is 0 Å². The fourth-order valence-corrected chi connectivity index (χ4v) is 3.76. The Morgan fingerprint density at radius 2 is 1.96 bits per heavy atom. The highest BCUT2D eigenvalue weighted by Crippen LogP contribution is 2.34. The van der Waals surface area contributed by atoms with Crippen molar-refractivity contribution in [2.45, 2.75) is 25.7 Å². The number of halogens is 1. The van der Waals surface area contributed by atoms with E-state index in [0.29, 0.717) is 5.02 Å². The first kappa shape index (κ1) is 17.6. The molecule has 1 aliphatic rings. The number of anilines is 2. The van der Waals surface area contributed by atoms with E-state index in [1.165, 1.54) is 5.56 Å². The van der Waals surface area contributed by atoms with Crippen LogP contribution in [-0.2, 0) is 24.1 Å². The van der Waals surface area contributed by atoms with Gasteiger partial charge in [0.15, 0.2) is 0 Å². The summed E-state index contributed by atoms with van der Waals surface area (Å²) < 4.78 is 0. The number of nitrogens with zero attached hydrogens (tertiary/aromatic N) is 1. The van der Waals surface area contributed by atoms with Gasteiger partial charge in [-0.2, -0.15) is 0 Å². The standard InChI is InChI=1S/C22H20ClN3O/c23-16-6-2-5-15(12-16)20-13-21(18-8-3-9-19(18)26-20)25-17-7-1-4-14(10-17)11-22(24)27/h1-2,4-7,10,12-13H,3,8-9,11H2,(H2,24,27)(H,25,26). The zero-order valence-electron chi connectivity index (χ0n) is 14.8. The summed E-state index contributed by atoms with van der Waals surface area (Å²) in [5, 5.41) is 4.22. The Bertz CT molecular complexity index is 1020. The largest absolute Gasteiger partial charge is 0.369 e. The first-order chi connectivity index (χ1) is 13.1. The van der Waals surface area contributed by atoms with Crippen LogP contribution in [0.15, 0.2) is 54.6 Å².